The van der Waals surface area contributed by atoms with Crippen molar-refractivity contribution < 1.29 is 23.1 Å². The first-order valence-electron chi connectivity index (χ1n) is 8.25. The molecule has 0 radical (unpaired) electrons. The van der Waals surface area contributed by atoms with Crippen molar-refractivity contribution in [1.29, 1.82) is 0 Å². The lowest BCUT2D eigenvalue weighted by molar-refractivity contribution is -0.155. The van der Waals surface area contributed by atoms with Gasteiger partial charge in [-0.1, -0.05) is 60.7 Å². The number of nitrogens with one attached hydrogen (secondary N) is 1. The third-order valence-electron chi connectivity index (χ3n) is 3.91. The molecule has 0 aliphatic rings. The second-order valence-corrected chi connectivity index (χ2v) is 6.24. The molecule has 0 aliphatic carbocycles. The fraction of sp³-hybridized carbons (Fsp3) is 0.250. The summed E-state index contributed by atoms with van der Waals surface area (Å²) in [5, 5.41) is 2.22. The lowest BCUT2D eigenvalue weighted by Gasteiger charge is -2.18. The number of esters is 1. The van der Waals surface area contributed by atoms with Crippen LogP contribution in [0.15, 0.2) is 54.6 Å². The predicted molar refractivity (Wildman–Crippen MR) is 102 cm³/mol. The second kappa shape index (κ2) is 9.32. The van der Waals surface area contributed by atoms with Crippen molar-refractivity contribution in [2.45, 2.75) is 18.8 Å². The number of carbonyl (C=O) groups excluding carboxylic acids is 2. The summed E-state index contributed by atoms with van der Waals surface area (Å²) in [5.74, 6) is -4.99. The molecule has 2 rings (SSSR count). The van der Waals surface area contributed by atoms with Crippen molar-refractivity contribution in [1.82, 2.24) is 5.32 Å². The van der Waals surface area contributed by atoms with E-state index in [0.717, 1.165) is 5.49 Å². The van der Waals surface area contributed by atoms with Crippen molar-refractivity contribution in [2.75, 3.05) is 13.2 Å². The molecule has 0 spiro atoms. The molecular formula is C20H19F2NO3S. The zero-order valence-electron chi connectivity index (χ0n) is 14.7. The lowest BCUT2D eigenvalue weighted by atomic mass is 9.96. The van der Waals surface area contributed by atoms with Crippen molar-refractivity contribution in [3.63, 3.8) is 0 Å². The second-order valence-electron chi connectivity index (χ2n) is 6.00. The minimum absolute atomic E-state index is 0.184. The summed E-state index contributed by atoms with van der Waals surface area (Å²) in [6, 6.07) is 15.2. The van der Waals surface area contributed by atoms with Crippen LogP contribution in [0.2, 0.25) is 0 Å². The van der Waals surface area contributed by atoms with E-state index >= 15 is 0 Å². The molecule has 0 fully saturated rings. The Hall–Kier alpha value is -2.67. The smallest absolute Gasteiger partial charge is 0.313 e. The van der Waals surface area contributed by atoms with Crippen molar-refractivity contribution >= 4 is 29.5 Å². The molecule has 27 heavy (non-hydrogen) atoms. The molecule has 0 heterocycles. The van der Waals surface area contributed by atoms with E-state index in [4.69, 9.17) is 4.74 Å². The normalized spacial score (nSPS) is 12.1. The maximum atomic E-state index is 13.5. The topological polar surface area (TPSA) is 55.4 Å². The van der Waals surface area contributed by atoms with Gasteiger partial charge in [0.2, 0.25) is 0 Å². The van der Waals surface area contributed by atoms with Gasteiger partial charge in [0.05, 0.1) is 18.0 Å². The average molecular weight is 391 g/mol. The maximum absolute atomic E-state index is 13.5. The van der Waals surface area contributed by atoms with Crippen LogP contribution in [0.5, 0.6) is 0 Å². The number of alkyl halides is 2. The number of thiocarbonyl (C=S) groups is 1. The van der Waals surface area contributed by atoms with Crippen LogP contribution in [0, 0.1) is 0 Å². The number of rotatable bonds is 9. The molecule has 0 aliphatic heterocycles. The highest BCUT2D eigenvalue weighted by atomic mass is 32.1. The summed E-state index contributed by atoms with van der Waals surface area (Å²) >= 11 is 4.42. The SMILES string of the molecule is C[C@@H](C(=O)OCC(F)(F)CNC=S)c1cccc(C(=O)c2ccccc2)c1. The van der Waals surface area contributed by atoms with Gasteiger partial charge in [0, 0.05) is 11.1 Å². The molecule has 2 aromatic carbocycles. The third-order valence-corrected chi connectivity index (χ3v) is 4.07. The quantitative estimate of drug-likeness (QED) is 0.401. The first-order valence-corrected chi connectivity index (χ1v) is 8.72. The van der Waals surface area contributed by atoms with E-state index in [2.05, 4.69) is 17.5 Å². The van der Waals surface area contributed by atoms with Crippen LogP contribution in [-0.2, 0) is 9.53 Å². The van der Waals surface area contributed by atoms with Crippen molar-refractivity contribution in [3.8, 4) is 0 Å². The molecule has 0 amide bonds. The van der Waals surface area contributed by atoms with Crippen LogP contribution in [0.4, 0.5) is 8.78 Å². The van der Waals surface area contributed by atoms with E-state index < -0.39 is 31.0 Å². The highest BCUT2D eigenvalue weighted by Gasteiger charge is 2.31. The lowest BCUT2D eigenvalue weighted by Crippen LogP contribution is -2.37. The first kappa shape index (κ1) is 20.6. The van der Waals surface area contributed by atoms with Crippen molar-refractivity contribution in [3.05, 3.63) is 71.3 Å². The number of ketones is 1. The van der Waals surface area contributed by atoms with Gasteiger partial charge in [0.25, 0.3) is 5.92 Å². The van der Waals surface area contributed by atoms with Crippen LogP contribution >= 0.6 is 12.2 Å². The van der Waals surface area contributed by atoms with Gasteiger partial charge >= 0.3 is 5.97 Å². The molecule has 0 bridgehead atoms. The van der Waals surface area contributed by atoms with Crippen LogP contribution in [-0.4, -0.2) is 36.3 Å². The third kappa shape index (κ3) is 5.92. The molecule has 2 aromatic rings. The van der Waals surface area contributed by atoms with E-state index in [-0.39, 0.29) is 5.78 Å². The van der Waals surface area contributed by atoms with Crippen LogP contribution in [0.1, 0.15) is 34.3 Å². The minimum Gasteiger partial charge on any atom is -0.459 e. The summed E-state index contributed by atoms with van der Waals surface area (Å²) in [6.07, 6.45) is 0. The number of halogens is 2. The van der Waals surface area contributed by atoms with Crippen LogP contribution < -0.4 is 5.32 Å². The minimum atomic E-state index is -3.23. The Labute approximate surface area is 161 Å². The Bertz CT molecular complexity index is 812. The molecule has 0 aromatic heterocycles. The number of hydrogen-bond acceptors (Lipinski definition) is 4. The number of benzene rings is 2. The predicted octanol–water partition coefficient (Wildman–Crippen LogP) is 3.75. The van der Waals surface area contributed by atoms with Gasteiger partial charge in [-0.05, 0) is 18.6 Å². The summed E-state index contributed by atoms with van der Waals surface area (Å²) in [7, 11) is 0. The fourth-order valence-corrected chi connectivity index (χ4v) is 2.47. The molecule has 142 valence electrons. The van der Waals surface area contributed by atoms with Gasteiger partial charge in [-0.25, -0.2) is 8.78 Å². The Balaban J connectivity index is 2.06. The number of hydrogen-bond donors (Lipinski definition) is 1. The highest BCUT2D eigenvalue weighted by Crippen LogP contribution is 2.21. The summed E-state index contributed by atoms with van der Waals surface area (Å²) in [4.78, 5) is 24.6. The molecular weight excluding hydrogens is 372 g/mol. The summed E-state index contributed by atoms with van der Waals surface area (Å²) in [5.41, 5.74) is 2.43. The van der Waals surface area contributed by atoms with Crippen LogP contribution in [0.25, 0.3) is 0 Å². The molecule has 7 heteroatoms. The first-order chi connectivity index (χ1) is 12.8. The van der Waals surface area contributed by atoms with Gasteiger partial charge in [-0.15, -0.1) is 0 Å². The van der Waals surface area contributed by atoms with Crippen molar-refractivity contribution in [2.24, 2.45) is 0 Å². The van der Waals surface area contributed by atoms with E-state index in [9.17, 15) is 18.4 Å². The largest absolute Gasteiger partial charge is 0.459 e. The van der Waals surface area contributed by atoms with Crippen LogP contribution in [0.3, 0.4) is 0 Å². The van der Waals surface area contributed by atoms with Gasteiger partial charge < -0.3 is 10.1 Å². The van der Waals surface area contributed by atoms with Gasteiger partial charge in [-0.2, -0.15) is 0 Å². The van der Waals surface area contributed by atoms with E-state index in [1.54, 1.807) is 55.5 Å². The fourth-order valence-electron chi connectivity index (χ4n) is 2.39. The molecule has 0 unspecified atom stereocenters. The van der Waals surface area contributed by atoms with E-state index in [0.29, 0.717) is 16.7 Å². The maximum Gasteiger partial charge on any atom is 0.313 e. The number of carbonyl (C=O) groups is 2. The highest BCUT2D eigenvalue weighted by molar-refractivity contribution is 7.78. The molecule has 0 saturated carbocycles. The average Bonchev–Trinajstić information content (AvgIpc) is 2.70. The zero-order chi connectivity index (χ0) is 19.9. The molecule has 0 saturated heterocycles. The van der Waals surface area contributed by atoms with Gasteiger partial charge in [0.15, 0.2) is 12.4 Å². The summed E-state index contributed by atoms with van der Waals surface area (Å²) in [6.45, 7) is -0.212. The van der Waals surface area contributed by atoms with E-state index in [1.165, 1.54) is 0 Å². The number of ether oxygens (including phenoxy) is 1. The molecule has 1 atom stereocenters. The Morgan fingerprint density at radius 2 is 1.81 bits per heavy atom. The van der Waals surface area contributed by atoms with E-state index in [1.807, 2.05) is 6.07 Å². The van der Waals surface area contributed by atoms with Gasteiger partial charge in [0.1, 0.15) is 0 Å². The molecule has 1 N–H and O–H groups in total. The Morgan fingerprint density at radius 3 is 2.48 bits per heavy atom. The zero-order valence-corrected chi connectivity index (χ0v) is 15.5. The van der Waals surface area contributed by atoms with Gasteiger partial charge in [-0.3, -0.25) is 9.59 Å². The standard InChI is InChI=1S/C20H19F2NO3S/c1-14(19(25)26-12-20(21,22)11-23-13-27)16-8-5-9-17(10-16)18(24)15-6-3-2-4-7-15/h2-10,13-14H,11-12H2,1H3,(H,23,27)/t14-/m1/s1. The Kier molecular flexibility index (Phi) is 7.12. The Morgan fingerprint density at radius 1 is 1.15 bits per heavy atom. The summed E-state index contributed by atoms with van der Waals surface area (Å²) < 4.78 is 31.8. The monoisotopic (exact) mass is 391 g/mol. The molecule has 4 nitrogen and oxygen atoms in total.